The Morgan fingerprint density at radius 1 is 1.25 bits per heavy atom. The van der Waals surface area contributed by atoms with Crippen LogP contribution >= 0.6 is 0 Å². The van der Waals surface area contributed by atoms with E-state index in [0.717, 1.165) is 30.3 Å². The van der Waals surface area contributed by atoms with Crippen LogP contribution in [0.25, 0.3) is 11.3 Å². The Kier molecular flexibility index (Phi) is 2.69. The number of likely N-dealkylation sites (tertiary alicyclic amines) is 1. The van der Waals surface area contributed by atoms with Crippen LogP contribution < -0.4 is 0 Å². The lowest BCUT2D eigenvalue weighted by Gasteiger charge is -2.46. The highest BCUT2D eigenvalue weighted by atomic mass is 16.4. The molecule has 1 aliphatic heterocycles. The van der Waals surface area contributed by atoms with Crippen LogP contribution in [0.15, 0.2) is 40.9 Å². The molecule has 0 amide bonds. The summed E-state index contributed by atoms with van der Waals surface area (Å²) in [6, 6.07) is 9.99. The predicted octanol–water partition coefficient (Wildman–Crippen LogP) is 2.30. The highest BCUT2D eigenvalue weighted by Crippen LogP contribution is 2.44. The molecule has 1 aliphatic carbocycles. The van der Waals surface area contributed by atoms with Gasteiger partial charge in [-0.25, -0.2) is 4.98 Å². The average molecular weight is 270 g/mol. The van der Waals surface area contributed by atoms with Gasteiger partial charge in [-0.2, -0.15) is 0 Å². The predicted molar refractivity (Wildman–Crippen MR) is 74.9 cm³/mol. The number of aliphatic hydroxyl groups is 1. The minimum Gasteiger partial charge on any atom is -0.439 e. The monoisotopic (exact) mass is 270 g/mol. The second kappa shape index (κ2) is 4.43. The van der Waals surface area contributed by atoms with Gasteiger partial charge in [-0.1, -0.05) is 30.3 Å². The summed E-state index contributed by atoms with van der Waals surface area (Å²) in [5, 5.41) is 10.3. The van der Waals surface area contributed by atoms with Crippen molar-refractivity contribution in [2.24, 2.45) is 5.92 Å². The number of nitrogens with zero attached hydrogens (tertiary/aromatic N) is 2. The molecule has 4 nitrogen and oxygen atoms in total. The van der Waals surface area contributed by atoms with Gasteiger partial charge in [0.2, 0.25) is 5.89 Å². The van der Waals surface area contributed by atoms with E-state index in [2.05, 4.69) is 9.88 Å². The lowest BCUT2D eigenvalue weighted by Crippen LogP contribution is -2.62. The summed E-state index contributed by atoms with van der Waals surface area (Å²) < 4.78 is 5.79. The average Bonchev–Trinajstić information content (AvgIpc) is 3.19. The number of oxazole rings is 1. The number of β-amino-alcohol motifs (C(OH)–C–C–N with tert-alkyl or cyclic N) is 1. The van der Waals surface area contributed by atoms with Gasteiger partial charge in [0.15, 0.2) is 5.76 Å². The number of benzene rings is 1. The maximum atomic E-state index is 10.3. The molecule has 0 spiro atoms. The number of hydrogen-bond donors (Lipinski definition) is 1. The standard InChI is InChI=1S/C16H18N2O2/c19-16(13-6-7-13)10-18(11-16)9-15-17-8-14(20-15)12-4-2-1-3-5-12/h1-5,8,13,19H,6-7,9-11H2. The highest BCUT2D eigenvalue weighted by molar-refractivity contribution is 5.55. The Hall–Kier alpha value is -1.65. The van der Waals surface area contributed by atoms with Crippen LogP contribution in [-0.4, -0.2) is 33.7 Å². The number of aromatic nitrogens is 1. The Morgan fingerprint density at radius 3 is 2.70 bits per heavy atom. The van der Waals surface area contributed by atoms with Gasteiger partial charge in [-0.15, -0.1) is 0 Å². The summed E-state index contributed by atoms with van der Waals surface area (Å²) in [4.78, 5) is 6.53. The van der Waals surface area contributed by atoms with Gasteiger partial charge in [0.1, 0.15) is 0 Å². The summed E-state index contributed by atoms with van der Waals surface area (Å²) in [6.45, 7) is 2.18. The zero-order valence-corrected chi connectivity index (χ0v) is 11.3. The van der Waals surface area contributed by atoms with Crippen LogP contribution in [0.2, 0.25) is 0 Å². The van der Waals surface area contributed by atoms with Crippen molar-refractivity contribution >= 4 is 0 Å². The molecule has 2 heterocycles. The fourth-order valence-electron chi connectivity index (χ4n) is 3.03. The van der Waals surface area contributed by atoms with Gasteiger partial charge >= 0.3 is 0 Å². The third-order valence-corrected chi connectivity index (χ3v) is 4.30. The fraction of sp³-hybridized carbons (Fsp3) is 0.438. The van der Waals surface area contributed by atoms with Crippen LogP contribution in [0.1, 0.15) is 18.7 Å². The molecule has 1 saturated carbocycles. The first-order valence-corrected chi connectivity index (χ1v) is 7.18. The van der Waals surface area contributed by atoms with Crippen LogP contribution in [-0.2, 0) is 6.54 Å². The minimum absolute atomic E-state index is 0.436. The Balaban J connectivity index is 1.40. The van der Waals surface area contributed by atoms with Crippen molar-refractivity contribution in [3.05, 3.63) is 42.4 Å². The topological polar surface area (TPSA) is 49.5 Å². The Labute approximate surface area is 118 Å². The maximum Gasteiger partial charge on any atom is 0.209 e. The first-order chi connectivity index (χ1) is 9.73. The van der Waals surface area contributed by atoms with Gasteiger partial charge in [-0.05, 0) is 18.8 Å². The number of rotatable bonds is 4. The van der Waals surface area contributed by atoms with Gasteiger partial charge < -0.3 is 9.52 Å². The summed E-state index contributed by atoms with van der Waals surface area (Å²) in [7, 11) is 0. The Morgan fingerprint density at radius 2 is 2.00 bits per heavy atom. The van der Waals surface area contributed by atoms with Gasteiger partial charge in [0.25, 0.3) is 0 Å². The molecule has 1 saturated heterocycles. The molecule has 0 atom stereocenters. The molecule has 4 heteroatoms. The van der Waals surface area contributed by atoms with Gasteiger partial charge in [0, 0.05) is 18.7 Å². The first kappa shape index (κ1) is 12.1. The van der Waals surface area contributed by atoms with E-state index < -0.39 is 5.60 Å². The summed E-state index contributed by atoms with van der Waals surface area (Å²) >= 11 is 0. The summed E-state index contributed by atoms with van der Waals surface area (Å²) in [6.07, 6.45) is 4.14. The maximum absolute atomic E-state index is 10.3. The molecule has 4 rings (SSSR count). The van der Waals surface area contributed by atoms with Crippen LogP contribution in [0, 0.1) is 5.92 Å². The lowest BCUT2D eigenvalue weighted by molar-refractivity contribution is -0.118. The van der Waals surface area contributed by atoms with Crippen molar-refractivity contribution in [3.63, 3.8) is 0 Å². The Bertz CT molecular complexity index is 598. The second-order valence-electron chi connectivity index (χ2n) is 6.01. The van der Waals surface area contributed by atoms with Crippen molar-refractivity contribution in [2.75, 3.05) is 13.1 Å². The molecule has 2 aliphatic rings. The molecule has 0 radical (unpaired) electrons. The fourth-order valence-corrected chi connectivity index (χ4v) is 3.03. The van der Waals surface area contributed by atoms with Crippen molar-refractivity contribution in [1.29, 1.82) is 0 Å². The zero-order valence-electron chi connectivity index (χ0n) is 11.3. The van der Waals surface area contributed by atoms with E-state index >= 15 is 0 Å². The van der Waals surface area contributed by atoms with Crippen LogP contribution in [0.5, 0.6) is 0 Å². The van der Waals surface area contributed by atoms with Crippen LogP contribution in [0.3, 0.4) is 0 Å². The SMILES string of the molecule is OC1(C2CC2)CN(Cc2ncc(-c3ccccc3)o2)C1. The molecule has 1 N–H and O–H groups in total. The molecule has 0 bridgehead atoms. The molecule has 1 aromatic carbocycles. The normalized spacial score (nSPS) is 21.6. The van der Waals surface area contributed by atoms with E-state index in [1.165, 1.54) is 12.8 Å². The van der Waals surface area contributed by atoms with E-state index in [-0.39, 0.29) is 0 Å². The molecule has 2 aromatic rings. The molecule has 104 valence electrons. The molecule has 0 unspecified atom stereocenters. The molecular formula is C16H18N2O2. The van der Waals surface area contributed by atoms with E-state index in [0.29, 0.717) is 12.5 Å². The van der Waals surface area contributed by atoms with Crippen molar-refractivity contribution in [3.8, 4) is 11.3 Å². The first-order valence-electron chi connectivity index (χ1n) is 7.18. The van der Waals surface area contributed by atoms with E-state index in [9.17, 15) is 5.11 Å². The summed E-state index contributed by atoms with van der Waals surface area (Å²) in [5.74, 6) is 2.06. The third-order valence-electron chi connectivity index (χ3n) is 4.30. The largest absolute Gasteiger partial charge is 0.439 e. The molecular weight excluding hydrogens is 252 g/mol. The second-order valence-corrected chi connectivity index (χ2v) is 6.01. The van der Waals surface area contributed by atoms with Crippen LogP contribution in [0.4, 0.5) is 0 Å². The van der Waals surface area contributed by atoms with E-state index in [4.69, 9.17) is 4.42 Å². The smallest absolute Gasteiger partial charge is 0.209 e. The zero-order chi connectivity index (χ0) is 13.6. The van der Waals surface area contributed by atoms with Crippen molar-refractivity contribution in [2.45, 2.75) is 25.0 Å². The number of hydrogen-bond acceptors (Lipinski definition) is 4. The third kappa shape index (κ3) is 2.15. The highest BCUT2D eigenvalue weighted by Gasteiger charge is 2.51. The molecule has 1 aromatic heterocycles. The lowest BCUT2D eigenvalue weighted by atomic mass is 9.89. The quantitative estimate of drug-likeness (QED) is 0.926. The molecule has 2 fully saturated rings. The van der Waals surface area contributed by atoms with Crippen molar-refractivity contribution < 1.29 is 9.52 Å². The van der Waals surface area contributed by atoms with Gasteiger partial charge in [-0.3, -0.25) is 4.90 Å². The minimum atomic E-state index is -0.436. The summed E-state index contributed by atoms with van der Waals surface area (Å²) in [5.41, 5.74) is 0.610. The van der Waals surface area contributed by atoms with E-state index in [1.54, 1.807) is 6.20 Å². The van der Waals surface area contributed by atoms with E-state index in [1.807, 2.05) is 30.3 Å². The molecule has 20 heavy (non-hydrogen) atoms. The van der Waals surface area contributed by atoms with Gasteiger partial charge in [0.05, 0.1) is 18.3 Å². The van der Waals surface area contributed by atoms with Crippen molar-refractivity contribution in [1.82, 2.24) is 9.88 Å².